The Kier molecular flexibility index (Phi) is 8.22. The van der Waals surface area contributed by atoms with E-state index in [4.69, 9.17) is 9.47 Å². The number of carbonyl (C=O) groups is 1. The Labute approximate surface area is 266 Å². The van der Waals surface area contributed by atoms with Crippen LogP contribution in [0, 0.1) is 51.2 Å². The van der Waals surface area contributed by atoms with Gasteiger partial charge in [0.15, 0.2) is 0 Å². The van der Waals surface area contributed by atoms with Gasteiger partial charge in [0.2, 0.25) is 6.29 Å². The highest BCUT2D eigenvalue weighted by molar-refractivity contribution is 5.79. The summed E-state index contributed by atoms with van der Waals surface area (Å²) < 4.78 is 11.4. The fraction of sp³-hybridized carbons (Fsp3) is 0.914. The van der Waals surface area contributed by atoms with E-state index in [1.165, 1.54) is 0 Å². The quantitative estimate of drug-likeness (QED) is 0.179. The highest BCUT2D eigenvalue weighted by Crippen LogP contribution is 2.72. The third-order valence-corrected chi connectivity index (χ3v) is 14.7. The van der Waals surface area contributed by atoms with Crippen molar-refractivity contribution in [2.24, 2.45) is 51.2 Å². The summed E-state index contributed by atoms with van der Waals surface area (Å²) in [5, 5.41) is 75.2. The molecule has 5 aliphatic carbocycles. The average Bonchev–Trinajstić information content (AvgIpc) is 2.97. The Bertz CT molecular complexity index is 1200. The normalized spacial score (nSPS) is 55.7. The van der Waals surface area contributed by atoms with Crippen LogP contribution in [0.3, 0.4) is 0 Å². The molecule has 0 aromatic carbocycles. The van der Waals surface area contributed by atoms with Crippen LogP contribution in [-0.2, 0) is 14.3 Å². The number of hydrogen-bond donors (Lipinski definition) is 7. The van der Waals surface area contributed by atoms with Gasteiger partial charge in [-0.3, -0.25) is 4.79 Å². The lowest BCUT2D eigenvalue weighted by Crippen LogP contribution is -2.67. The summed E-state index contributed by atoms with van der Waals surface area (Å²) in [6, 6.07) is 0. The Morgan fingerprint density at radius 1 is 0.911 bits per heavy atom. The van der Waals surface area contributed by atoms with Gasteiger partial charge in [-0.1, -0.05) is 46.3 Å². The van der Waals surface area contributed by atoms with Crippen molar-refractivity contribution in [2.75, 3.05) is 6.61 Å². The first-order valence-electron chi connectivity index (χ1n) is 17.2. The molecule has 0 unspecified atom stereocenters. The minimum Gasteiger partial charge on any atom is -0.432 e. The van der Waals surface area contributed by atoms with Crippen LogP contribution in [0.1, 0.15) is 92.9 Å². The molecule has 0 radical (unpaired) electrons. The van der Waals surface area contributed by atoms with Gasteiger partial charge < -0.3 is 45.2 Å². The lowest BCUT2D eigenvalue weighted by Gasteiger charge is -2.69. The molecule has 1 heterocycles. The third-order valence-electron chi connectivity index (χ3n) is 14.7. The van der Waals surface area contributed by atoms with Gasteiger partial charge in [-0.25, -0.2) is 0 Å². The predicted octanol–water partition coefficient (Wildman–Crippen LogP) is 2.04. The first kappa shape index (κ1) is 33.8. The number of aliphatic hydroxyl groups excluding tert-OH is 6. The molecule has 0 aromatic heterocycles. The van der Waals surface area contributed by atoms with E-state index in [-0.39, 0.29) is 34.5 Å². The molecule has 45 heavy (non-hydrogen) atoms. The Morgan fingerprint density at radius 2 is 1.58 bits per heavy atom. The zero-order chi connectivity index (χ0) is 33.1. The van der Waals surface area contributed by atoms with E-state index >= 15 is 0 Å². The second kappa shape index (κ2) is 11.0. The van der Waals surface area contributed by atoms with Crippen LogP contribution in [0.5, 0.6) is 0 Å². The molecule has 6 rings (SSSR count). The molecule has 10 nitrogen and oxygen atoms in total. The fourth-order valence-electron chi connectivity index (χ4n) is 12.1. The lowest BCUT2D eigenvalue weighted by molar-refractivity contribution is -0.298. The van der Waals surface area contributed by atoms with Gasteiger partial charge in [0, 0.05) is 5.92 Å². The maximum absolute atomic E-state index is 14.4. The monoisotopic (exact) mass is 636 g/mol. The van der Waals surface area contributed by atoms with Crippen molar-refractivity contribution in [2.45, 2.75) is 141 Å². The summed E-state index contributed by atoms with van der Waals surface area (Å²) in [6.07, 6.45) is -1.47. The largest absolute Gasteiger partial charge is 0.432 e. The number of aliphatic hydroxyl groups is 7. The molecule has 16 atom stereocenters. The number of esters is 1. The summed E-state index contributed by atoms with van der Waals surface area (Å²) in [5.74, 6) is -0.564. The molecule has 1 aliphatic heterocycles. The molecule has 1 saturated heterocycles. The molecule has 7 N–H and O–H groups in total. The average molecular weight is 637 g/mol. The number of fused-ring (bicyclic) bond motifs is 7. The molecule has 0 amide bonds. The minimum absolute atomic E-state index is 0.0788. The van der Waals surface area contributed by atoms with Crippen LogP contribution in [0.2, 0.25) is 0 Å². The van der Waals surface area contributed by atoms with Gasteiger partial charge in [0.1, 0.15) is 24.4 Å². The van der Waals surface area contributed by atoms with E-state index in [9.17, 15) is 40.5 Å². The van der Waals surface area contributed by atoms with Gasteiger partial charge >= 0.3 is 5.97 Å². The molecular weight excluding hydrogens is 580 g/mol. The third kappa shape index (κ3) is 4.60. The van der Waals surface area contributed by atoms with Crippen molar-refractivity contribution in [1.29, 1.82) is 0 Å². The summed E-state index contributed by atoms with van der Waals surface area (Å²) in [7, 11) is 0. The highest BCUT2D eigenvalue weighted by Gasteiger charge is 2.69. The van der Waals surface area contributed by atoms with Crippen LogP contribution < -0.4 is 0 Å². The zero-order valence-electron chi connectivity index (χ0n) is 27.7. The van der Waals surface area contributed by atoms with Crippen molar-refractivity contribution >= 4 is 5.97 Å². The van der Waals surface area contributed by atoms with E-state index in [1.807, 2.05) is 13.8 Å². The number of ether oxygens (including phenoxy) is 2. The molecule has 5 fully saturated rings. The summed E-state index contributed by atoms with van der Waals surface area (Å²) in [4.78, 5) is 14.4. The standard InChI is InChI=1S/C35H56O10/c1-17-9-13-35(30(42)45-29-26(40)25(39)24(38)21(16-36)44-29)14-10-19-18(27(35)34(17,6)43)7-8-23-32(19,4)12-11-22-31(2,3)28(41)20(37)15-33(22,23)5/h7,17,19-29,36-41,43H,8-16H2,1-6H3/t17-,19-,20-,21-,22+,23+,24-,25+,26-,27-,28-,29+,32+,33+,34-,35+/m1/s1. The van der Waals surface area contributed by atoms with Gasteiger partial charge in [0.05, 0.1) is 29.8 Å². The number of carbonyl (C=O) groups excluding carboxylic acids is 1. The first-order chi connectivity index (χ1) is 20.9. The van der Waals surface area contributed by atoms with E-state index in [0.29, 0.717) is 25.7 Å². The second-order valence-electron chi connectivity index (χ2n) is 17.1. The van der Waals surface area contributed by atoms with Crippen molar-refractivity contribution in [3.05, 3.63) is 11.6 Å². The Hall–Kier alpha value is -1.11. The number of allylic oxidation sites excluding steroid dienone is 1. The van der Waals surface area contributed by atoms with E-state index in [1.54, 1.807) is 0 Å². The number of rotatable bonds is 3. The molecule has 4 saturated carbocycles. The molecule has 256 valence electrons. The molecule has 0 bridgehead atoms. The van der Waals surface area contributed by atoms with Gasteiger partial charge in [-0.15, -0.1) is 0 Å². The predicted molar refractivity (Wildman–Crippen MR) is 163 cm³/mol. The summed E-state index contributed by atoms with van der Waals surface area (Å²) >= 11 is 0. The summed E-state index contributed by atoms with van der Waals surface area (Å²) in [6.45, 7) is 12.1. The molecule has 6 aliphatic rings. The summed E-state index contributed by atoms with van der Waals surface area (Å²) in [5.41, 5.74) is -1.92. The highest BCUT2D eigenvalue weighted by atomic mass is 16.7. The van der Waals surface area contributed by atoms with E-state index < -0.39 is 77.8 Å². The van der Waals surface area contributed by atoms with E-state index in [2.05, 4.69) is 33.8 Å². The maximum atomic E-state index is 14.4. The smallest absolute Gasteiger partial charge is 0.315 e. The molecule has 0 spiro atoms. The van der Waals surface area contributed by atoms with Crippen LogP contribution in [0.15, 0.2) is 11.6 Å². The van der Waals surface area contributed by atoms with Crippen LogP contribution >= 0.6 is 0 Å². The SMILES string of the molecule is C[C@@H]1CC[C@]2(C(=O)O[C@@H]3O[C@H](CO)[C@@H](O)[C@H](O)[C@H]3O)CC[C@@H]3C(=CC[C@H]4[C@@]3(C)CC[C@H]3C(C)(C)[C@H](O)[C@H](O)C[C@]43C)[C@@H]2[C@]1(C)O. The lowest BCUT2D eigenvalue weighted by atomic mass is 9.36. The maximum Gasteiger partial charge on any atom is 0.315 e. The minimum atomic E-state index is -1.70. The van der Waals surface area contributed by atoms with Gasteiger partial charge in [0.25, 0.3) is 0 Å². The topological polar surface area (TPSA) is 177 Å². The van der Waals surface area contributed by atoms with Crippen LogP contribution in [-0.4, -0.2) is 96.8 Å². The fourth-order valence-corrected chi connectivity index (χ4v) is 12.1. The molecule has 10 heteroatoms. The molecule has 0 aromatic rings. The van der Waals surface area contributed by atoms with Gasteiger partial charge in [-0.2, -0.15) is 0 Å². The zero-order valence-corrected chi connectivity index (χ0v) is 27.7. The van der Waals surface area contributed by atoms with Crippen LogP contribution in [0.4, 0.5) is 0 Å². The Balaban J connectivity index is 1.36. The van der Waals surface area contributed by atoms with E-state index in [0.717, 1.165) is 31.3 Å². The Morgan fingerprint density at radius 3 is 2.24 bits per heavy atom. The van der Waals surface area contributed by atoms with Gasteiger partial charge in [-0.05, 0) is 98.2 Å². The van der Waals surface area contributed by atoms with Crippen LogP contribution in [0.25, 0.3) is 0 Å². The van der Waals surface area contributed by atoms with Crippen molar-refractivity contribution in [1.82, 2.24) is 0 Å². The van der Waals surface area contributed by atoms with Crippen molar-refractivity contribution < 1.29 is 50.0 Å². The molecular formula is C35H56O10. The second-order valence-corrected chi connectivity index (χ2v) is 17.1. The van der Waals surface area contributed by atoms with Crippen molar-refractivity contribution in [3.63, 3.8) is 0 Å². The first-order valence-corrected chi connectivity index (χ1v) is 17.2. The number of hydrogen-bond acceptors (Lipinski definition) is 10. The van der Waals surface area contributed by atoms with Crippen molar-refractivity contribution in [3.8, 4) is 0 Å².